The van der Waals surface area contributed by atoms with E-state index in [1.165, 1.54) is 0 Å². The predicted molar refractivity (Wildman–Crippen MR) is 77.5 cm³/mol. The number of rotatable bonds is 3. The van der Waals surface area contributed by atoms with Gasteiger partial charge in [0.25, 0.3) is 5.91 Å². The molecule has 0 aliphatic heterocycles. The topological polar surface area (TPSA) is 53.2 Å². The van der Waals surface area contributed by atoms with Gasteiger partial charge in [0, 0.05) is 17.1 Å². The second-order valence-electron chi connectivity index (χ2n) is 3.73. The van der Waals surface area contributed by atoms with Gasteiger partial charge >= 0.3 is 0 Å². The normalized spacial score (nSPS) is 9.44. The molecule has 0 aromatic heterocycles. The summed E-state index contributed by atoms with van der Waals surface area (Å²) in [5.41, 5.74) is 6.46. The molecular weight excluding hydrogens is 270 g/mol. The quantitative estimate of drug-likeness (QED) is 0.451. The molecule has 6 heteroatoms. The van der Waals surface area contributed by atoms with E-state index in [1.807, 2.05) is 6.92 Å². The summed E-state index contributed by atoms with van der Waals surface area (Å²) in [6.07, 6.45) is 0. The summed E-state index contributed by atoms with van der Waals surface area (Å²) in [6.45, 7) is 6.16. The van der Waals surface area contributed by atoms with Crippen LogP contribution in [0.3, 0.4) is 0 Å². The molecular formula is C12H14ClN3OS. The Morgan fingerprint density at radius 3 is 2.78 bits per heavy atom. The van der Waals surface area contributed by atoms with Crippen molar-refractivity contribution >= 4 is 34.8 Å². The zero-order chi connectivity index (χ0) is 13.5. The molecule has 1 aromatic carbocycles. The highest BCUT2D eigenvalue weighted by atomic mass is 35.5. The fourth-order valence-corrected chi connectivity index (χ4v) is 1.40. The van der Waals surface area contributed by atoms with Crippen LogP contribution in [0.2, 0.25) is 5.02 Å². The van der Waals surface area contributed by atoms with Crippen LogP contribution in [0.15, 0.2) is 36.4 Å². The molecule has 3 N–H and O–H groups in total. The summed E-state index contributed by atoms with van der Waals surface area (Å²) in [5.74, 6) is -0.308. The predicted octanol–water partition coefficient (Wildman–Crippen LogP) is 2.02. The highest BCUT2D eigenvalue weighted by Gasteiger charge is 2.05. The molecule has 0 aliphatic carbocycles. The van der Waals surface area contributed by atoms with Crippen LogP contribution in [0.25, 0.3) is 0 Å². The second-order valence-corrected chi connectivity index (χ2v) is 4.57. The van der Waals surface area contributed by atoms with Gasteiger partial charge in [-0.25, -0.2) is 0 Å². The lowest BCUT2D eigenvalue weighted by atomic mass is 10.2. The largest absolute Gasteiger partial charge is 0.358 e. The second kappa shape index (κ2) is 6.98. The van der Waals surface area contributed by atoms with Crippen LogP contribution in [0.4, 0.5) is 0 Å². The van der Waals surface area contributed by atoms with Crippen molar-refractivity contribution in [1.29, 1.82) is 0 Å². The zero-order valence-electron chi connectivity index (χ0n) is 9.92. The molecule has 0 atom stereocenters. The Morgan fingerprint density at radius 1 is 1.44 bits per heavy atom. The van der Waals surface area contributed by atoms with E-state index in [0.717, 1.165) is 5.57 Å². The number of benzene rings is 1. The molecule has 0 unspecified atom stereocenters. The van der Waals surface area contributed by atoms with Crippen LogP contribution in [-0.4, -0.2) is 17.6 Å². The maximum Gasteiger partial charge on any atom is 0.269 e. The Hall–Kier alpha value is -1.59. The van der Waals surface area contributed by atoms with Crippen LogP contribution < -0.4 is 16.2 Å². The van der Waals surface area contributed by atoms with Crippen molar-refractivity contribution < 1.29 is 4.79 Å². The molecule has 18 heavy (non-hydrogen) atoms. The zero-order valence-corrected chi connectivity index (χ0v) is 11.5. The Balaban J connectivity index is 2.42. The van der Waals surface area contributed by atoms with Gasteiger partial charge in [-0.05, 0) is 37.3 Å². The average molecular weight is 284 g/mol. The molecule has 1 aromatic rings. The van der Waals surface area contributed by atoms with Crippen LogP contribution >= 0.6 is 23.8 Å². The summed E-state index contributed by atoms with van der Waals surface area (Å²) in [7, 11) is 0. The van der Waals surface area contributed by atoms with Crippen LogP contribution in [0.1, 0.15) is 17.3 Å². The van der Waals surface area contributed by atoms with Gasteiger partial charge in [-0.15, -0.1) is 0 Å². The third-order valence-corrected chi connectivity index (χ3v) is 2.41. The van der Waals surface area contributed by atoms with E-state index in [9.17, 15) is 4.79 Å². The van der Waals surface area contributed by atoms with Crippen molar-refractivity contribution in [1.82, 2.24) is 16.2 Å². The van der Waals surface area contributed by atoms with Gasteiger partial charge in [0.1, 0.15) is 0 Å². The fraction of sp³-hybridized carbons (Fsp3) is 0.167. The molecule has 4 nitrogen and oxygen atoms in total. The third-order valence-electron chi connectivity index (χ3n) is 1.93. The lowest BCUT2D eigenvalue weighted by molar-refractivity contribution is 0.0943. The van der Waals surface area contributed by atoms with E-state index >= 15 is 0 Å². The minimum atomic E-state index is -0.308. The SMILES string of the molecule is C=C(C)CNC(=S)NNC(=O)c1cccc(Cl)c1. The standard InChI is InChI=1S/C12H14ClN3OS/c1-8(2)7-14-12(18)16-15-11(17)9-4-3-5-10(13)6-9/h3-6H,1,7H2,2H3,(H,15,17)(H2,14,16,18). The first-order chi connectivity index (χ1) is 8.49. The summed E-state index contributed by atoms with van der Waals surface area (Å²) in [4.78, 5) is 11.7. The molecule has 0 bridgehead atoms. The Labute approximate surface area is 116 Å². The summed E-state index contributed by atoms with van der Waals surface area (Å²) in [6, 6.07) is 6.63. The first kappa shape index (κ1) is 14.5. The van der Waals surface area contributed by atoms with E-state index in [4.69, 9.17) is 23.8 Å². The van der Waals surface area contributed by atoms with Gasteiger partial charge < -0.3 is 5.32 Å². The van der Waals surface area contributed by atoms with Gasteiger partial charge in [0.05, 0.1) is 0 Å². The molecule has 0 spiro atoms. The molecule has 0 radical (unpaired) electrons. The van der Waals surface area contributed by atoms with Crippen molar-refractivity contribution in [3.63, 3.8) is 0 Å². The molecule has 1 rings (SSSR count). The number of nitrogens with one attached hydrogen (secondary N) is 3. The number of amides is 1. The monoisotopic (exact) mass is 283 g/mol. The van der Waals surface area contributed by atoms with Crippen LogP contribution in [0.5, 0.6) is 0 Å². The van der Waals surface area contributed by atoms with Crippen LogP contribution in [-0.2, 0) is 0 Å². The number of carbonyl (C=O) groups excluding carboxylic acids is 1. The minimum Gasteiger partial charge on any atom is -0.358 e. The number of hydrazine groups is 1. The molecule has 0 saturated carbocycles. The lowest BCUT2D eigenvalue weighted by Gasteiger charge is -2.11. The van der Waals surface area contributed by atoms with Crippen LogP contribution in [0, 0.1) is 0 Å². The Kier molecular flexibility index (Phi) is 5.61. The van der Waals surface area contributed by atoms with Gasteiger partial charge in [-0.2, -0.15) is 0 Å². The maximum atomic E-state index is 11.7. The number of halogens is 1. The Morgan fingerprint density at radius 2 is 2.17 bits per heavy atom. The number of hydrogen-bond acceptors (Lipinski definition) is 2. The summed E-state index contributed by atoms with van der Waals surface area (Å²) < 4.78 is 0. The minimum absolute atomic E-state index is 0.308. The van der Waals surface area contributed by atoms with Gasteiger partial charge in [-0.3, -0.25) is 15.6 Å². The average Bonchev–Trinajstić information content (AvgIpc) is 2.33. The first-order valence-corrected chi connectivity index (χ1v) is 6.02. The third kappa shape index (κ3) is 5.16. The van der Waals surface area contributed by atoms with Crippen molar-refractivity contribution in [2.24, 2.45) is 0 Å². The van der Waals surface area contributed by atoms with Crippen molar-refractivity contribution in [2.75, 3.05) is 6.54 Å². The first-order valence-electron chi connectivity index (χ1n) is 5.23. The van der Waals surface area contributed by atoms with Crippen molar-refractivity contribution in [2.45, 2.75) is 6.92 Å². The van der Waals surface area contributed by atoms with E-state index in [2.05, 4.69) is 22.7 Å². The van der Waals surface area contributed by atoms with Crippen molar-refractivity contribution in [3.05, 3.63) is 47.0 Å². The molecule has 0 heterocycles. The summed E-state index contributed by atoms with van der Waals surface area (Å²) >= 11 is 10.8. The number of carbonyl (C=O) groups is 1. The lowest BCUT2D eigenvalue weighted by Crippen LogP contribution is -2.47. The molecule has 1 amide bonds. The highest BCUT2D eigenvalue weighted by Crippen LogP contribution is 2.09. The smallest absolute Gasteiger partial charge is 0.269 e. The Bertz CT molecular complexity index is 476. The van der Waals surface area contributed by atoms with Crippen molar-refractivity contribution in [3.8, 4) is 0 Å². The van der Waals surface area contributed by atoms with E-state index in [0.29, 0.717) is 22.2 Å². The van der Waals surface area contributed by atoms with Gasteiger partial charge in [-0.1, -0.05) is 29.8 Å². The molecule has 0 saturated heterocycles. The highest BCUT2D eigenvalue weighted by molar-refractivity contribution is 7.80. The number of hydrogen-bond donors (Lipinski definition) is 3. The maximum absolute atomic E-state index is 11.7. The number of thiocarbonyl (C=S) groups is 1. The van der Waals surface area contributed by atoms with Gasteiger partial charge in [0.15, 0.2) is 5.11 Å². The molecule has 0 aliphatic rings. The molecule has 96 valence electrons. The van der Waals surface area contributed by atoms with E-state index < -0.39 is 0 Å². The fourth-order valence-electron chi connectivity index (χ4n) is 1.09. The summed E-state index contributed by atoms with van der Waals surface area (Å²) in [5, 5.41) is 3.71. The van der Waals surface area contributed by atoms with E-state index in [-0.39, 0.29) is 5.91 Å². The van der Waals surface area contributed by atoms with E-state index in [1.54, 1.807) is 24.3 Å². The van der Waals surface area contributed by atoms with Gasteiger partial charge in [0.2, 0.25) is 0 Å². The molecule has 0 fully saturated rings.